The highest BCUT2D eigenvalue weighted by atomic mass is 32.2. The molecule has 0 saturated carbocycles. The van der Waals surface area contributed by atoms with E-state index in [4.69, 9.17) is 4.74 Å². The first-order valence-corrected chi connectivity index (χ1v) is 17.9. The second-order valence-electron chi connectivity index (χ2n) is 11.4. The minimum atomic E-state index is -0.505. The molecule has 5 aromatic carbocycles. The van der Waals surface area contributed by atoms with Crippen molar-refractivity contribution in [3.63, 3.8) is 0 Å². The number of hydrogen-bond acceptors (Lipinski definition) is 7. The van der Waals surface area contributed by atoms with Crippen molar-refractivity contribution in [3.05, 3.63) is 167 Å². The summed E-state index contributed by atoms with van der Waals surface area (Å²) in [5, 5.41) is 10.6. The maximum atomic E-state index is 13.7. The molecular formula is C41H34N4O4S2. The van der Waals surface area contributed by atoms with E-state index < -0.39 is 17.1 Å². The van der Waals surface area contributed by atoms with Gasteiger partial charge in [-0.25, -0.2) is 4.98 Å². The van der Waals surface area contributed by atoms with Crippen LogP contribution in [-0.4, -0.2) is 28.0 Å². The second kappa shape index (κ2) is 17.1. The summed E-state index contributed by atoms with van der Waals surface area (Å²) >= 11 is 2.73. The van der Waals surface area contributed by atoms with Crippen LogP contribution in [0, 0.1) is 0 Å². The van der Waals surface area contributed by atoms with Crippen molar-refractivity contribution in [2.45, 2.75) is 23.7 Å². The van der Waals surface area contributed by atoms with Gasteiger partial charge in [-0.1, -0.05) is 97.1 Å². The monoisotopic (exact) mass is 710 g/mol. The predicted octanol–water partition coefficient (Wildman–Crippen LogP) is 8.92. The summed E-state index contributed by atoms with van der Waals surface area (Å²) in [4.78, 5) is 45.2. The fourth-order valence-electron chi connectivity index (χ4n) is 4.89. The number of amides is 3. The van der Waals surface area contributed by atoms with E-state index in [1.807, 2.05) is 109 Å². The fourth-order valence-corrected chi connectivity index (χ4v) is 6.54. The van der Waals surface area contributed by atoms with Gasteiger partial charge in [0.1, 0.15) is 18.1 Å². The lowest BCUT2D eigenvalue weighted by Gasteiger charge is -2.14. The molecule has 0 aliphatic rings. The van der Waals surface area contributed by atoms with Gasteiger partial charge in [0.15, 0.2) is 5.13 Å². The van der Waals surface area contributed by atoms with Crippen molar-refractivity contribution in [2.24, 2.45) is 0 Å². The summed E-state index contributed by atoms with van der Waals surface area (Å²) < 4.78 is 5.90. The number of carbonyl (C=O) groups excluding carboxylic acids is 3. The first-order valence-electron chi connectivity index (χ1n) is 16.1. The first-order chi connectivity index (χ1) is 24.9. The molecule has 6 aromatic rings. The van der Waals surface area contributed by atoms with Gasteiger partial charge < -0.3 is 20.7 Å². The lowest BCUT2D eigenvalue weighted by Crippen LogP contribution is -2.30. The fraction of sp³-hybridized carbons (Fsp3) is 0.0732. The molecule has 1 atom stereocenters. The van der Waals surface area contributed by atoms with Crippen molar-refractivity contribution in [1.82, 2.24) is 10.3 Å². The van der Waals surface area contributed by atoms with E-state index in [1.54, 1.807) is 48.5 Å². The van der Waals surface area contributed by atoms with Gasteiger partial charge in [0.2, 0.25) is 5.91 Å². The van der Waals surface area contributed by atoms with E-state index in [-0.39, 0.29) is 11.6 Å². The summed E-state index contributed by atoms with van der Waals surface area (Å²) in [6, 6.07) is 42.8. The number of carbonyl (C=O) groups is 3. The van der Waals surface area contributed by atoms with Crippen LogP contribution >= 0.6 is 23.1 Å². The quantitative estimate of drug-likeness (QED) is 0.0816. The molecule has 0 radical (unpaired) electrons. The topological polar surface area (TPSA) is 109 Å². The van der Waals surface area contributed by atoms with Crippen LogP contribution in [0.25, 0.3) is 17.3 Å². The van der Waals surface area contributed by atoms with Crippen LogP contribution in [0.4, 0.5) is 10.8 Å². The van der Waals surface area contributed by atoms with E-state index in [1.165, 1.54) is 23.1 Å². The van der Waals surface area contributed by atoms with E-state index in [0.29, 0.717) is 34.3 Å². The summed E-state index contributed by atoms with van der Waals surface area (Å²) in [7, 11) is 0. The number of aromatic nitrogens is 1. The average Bonchev–Trinajstić information content (AvgIpc) is 3.64. The number of anilines is 2. The summed E-state index contributed by atoms with van der Waals surface area (Å²) in [6.07, 6.45) is 1.62. The minimum Gasteiger partial charge on any atom is -0.489 e. The lowest BCUT2D eigenvalue weighted by molar-refractivity contribution is -0.115. The molecule has 0 aliphatic carbocycles. The first kappa shape index (κ1) is 34.9. The zero-order valence-electron chi connectivity index (χ0n) is 27.6. The van der Waals surface area contributed by atoms with Crippen molar-refractivity contribution < 1.29 is 19.1 Å². The Morgan fingerprint density at radius 3 is 2.22 bits per heavy atom. The number of hydrogen-bond donors (Lipinski definition) is 3. The highest BCUT2D eigenvalue weighted by Crippen LogP contribution is 2.29. The number of nitrogens with zero attached hydrogens (tertiary/aromatic N) is 1. The Bertz CT molecular complexity index is 2120. The van der Waals surface area contributed by atoms with Crippen LogP contribution in [0.3, 0.4) is 0 Å². The number of thiazole rings is 1. The van der Waals surface area contributed by atoms with Crippen molar-refractivity contribution in [2.75, 3.05) is 10.6 Å². The molecule has 0 fully saturated rings. The third-order valence-electron chi connectivity index (χ3n) is 7.55. The van der Waals surface area contributed by atoms with Gasteiger partial charge in [-0.2, -0.15) is 0 Å². The molecule has 10 heteroatoms. The number of thioether (sulfide) groups is 1. The molecule has 1 unspecified atom stereocenters. The lowest BCUT2D eigenvalue weighted by atomic mass is 10.1. The van der Waals surface area contributed by atoms with E-state index in [2.05, 4.69) is 20.9 Å². The third kappa shape index (κ3) is 10.0. The molecule has 1 heterocycles. The summed E-state index contributed by atoms with van der Waals surface area (Å²) in [5.74, 6) is -0.431. The van der Waals surface area contributed by atoms with Crippen molar-refractivity contribution in [1.29, 1.82) is 0 Å². The van der Waals surface area contributed by atoms with Gasteiger partial charge >= 0.3 is 0 Å². The molecule has 3 amide bonds. The van der Waals surface area contributed by atoms with Crippen LogP contribution in [0.1, 0.15) is 28.4 Å². The normalized spacial score (nSPS) is 11.7. The Balaban J connectivity index is 1.12. The van der Waals surface area contributed by atoms with Gasteiger partial charge in [-0.05, 0) is 66.6 Å². The molecular weight excluding hydrogens is 677 g/mol. The van der Waals surface area contributed by atoms with E-state index in [9.17, 15) is 14.4 Å². The summed E-state index contributed by atoms with van der Waals surface area (Å²) in [6.45, 7) is 2.24. The van der Waals surface area contributed by atoms with Gasteiger partial charge in [-0.15, -0.1) is 23.1 Å². The van der Waals surface area contributed by atoms with Crippen LogP contribution in [0.15, 0.2) is 155 Å². The predicted molar refractivity (Wildman–Crippen MR) is 206 cm³/mol. The molecule has 51 heavy (non-hydrogen) atoms. The van der Waals surface area contributed by atoms with Crippen LogP contribution in [-0.2, 0) is 16.2 Å². The Hall–Kier alpha value is -5.97. The van der Waals surface area contributed by atoms with Gasteiger partial charge in [0.25, 0.3) is 11.8 Å². The molecule has 254 valence electrons. The number of nitrogens with one attached hydrogen (secondary N) is 3. The molecule has 6 rings (SSSR count). The zero-order chi connectivity index (χ0) is 35.4. The molecule has 1 aromatic heterocycles. The standard InChI is InChI=1S/C41H34N4O4S2/c1-28(38(46)45-41-44-37(27-50-41)31-14-7-3-8-15-31)51-35-19-11-18-33(25-35)42-40(48)36(43-39(47)32-16-9-4-10-17-32)24-29-20-22-34(23-21-29)49-26-30-12-5-2-6-13-30/h2-25,27-28H,26H2,1H3,(H,42,48)(H,43,47)(H,44,45,46)/b36-24-. The van der Waals surface area contributed by atoms with E-state index in [0.717, 1.165) is 21.7 Å². The Labute approximate surface area is 304 Å². The molecule has 0 spiro atoms. The average molecular weight is 711 g/mol. The van der Waals surface area contributed by atoms with Gasteiger partial charge in [-0.3, -0.25) is 14.4 Å². The number of benzene rings is 5. The molecule has 0 bridgehead atoms. The largest absolute Gasteiger partial charge is 0.489 e. The zero-order valence-corrected chi connectivity index (χ0v) is 29.2. The van der Waals surface area contributed by atoms with Crippen LogP contribution in [0.5, 0.6) is 5.75 Å². The molecule has 0 aliphatic heterocycles. The maximum Gasteiger partial charge on any atom is 0.272 e. The van der Waals surface area contributed by atoms with Crippen molar-refractivity contribution >= 4 is 57.7 Å². The highest BCUT2D eigenvalue weighted by molar-refractivity contribution is 8.00. The summed E-state index contributed by atoms with van der Waals surface area (Å²) in [5.41, 5.74) is 4.52. The Morgan fingerprint density at radius 2 is 1.49 bits per heavy atom. The van der Waals surface area contributed by atoms with Gasteiger partial charge in [0.05, 0.1) is 10.9 Å². The van der Waals surface area contributed by atoms with Crippen LogP contribution in [0.2, 0.25) is 0 Å². The third-order valence-corrected chi connectivity index (χ3v) is 9.40. The smallest absolute Gasteiger partial charge is 0.272 e. The van der Waals surface area contributed by atoms with Crippen LogP contribution < -0.4 is 20.7 Å². The number of rotatable bonds is 13. The molecule has 3 N–H and O–H groups in total. The Kier molecular flexibility index (Phi) is 11.7. The molecule has 8 nitrogen and oxygen atoms in total. The second-order valence-corrected chi connectivity index (χ2v) is 13.6. The van der Waals surface area contributed by atoms with Crippen molar-refractivity contribution in [3.8, 4) is 17.0 Å². The molecule has 0 saturated heterocycles. The van der Waals surface area contributed by atoms with Gasteiger partial charge in [0, 0.05) is 27.1 Å². The Morgan fingerprint density at radius 1 is 0.804 bits per heavy atom. The van der Waals surface area contributed by atoms with E-state index >= 15 is 0 Å². The minimum absolute atomic E-state index is 0.0610. The SMILES string of the molecule is CC(Sc1cccc(NC(=O)/C(=C/c2ccc(OCc3ccccc3)cc2)NC(=O)c2ccccc2)c1)C(=O)Nc1nc(-c2ccccc2)cs1. The highest BCUT2D eigenvalue weighted by Gasteiger charge is 2.18. The maximum absolute atomic E-state index is 13.7. The number of ether oxygens (including phenoxy) is 1.